The third-order valence-corrected chi connectivity index (χ3v) is 8.20. The summed E-state index contributed by atoms with van der Waals surface area (Å²) in [6.45, 7) is 0. The Hall–Kier alpha value is -2.03. The number of fused-ring (bicyclic) bond motifs is 2. The lowest BCUT2D eigenvalue weighted by atomic mass is 9.57. The fraction of sp³-hybridized carbons (Fsp3) is 0. The summed E-state index contributed by atoms with van der Waals surface area (Å²) < 4.78 is 0. The maximum absolute atomic E-state index is 10.5. The van der Waals surface area contributed by atoms with Crippen LogP contribution in [-0.2, 0) is 0 Å². The molecular weight excluding hydrogens is 380 g/mol. The third kappa shape index (κ3) is 3.10. The summed E-state index contributed by atoms with van der Waals surface area (Å²) in [6, 6.07) is 8.18. The van der Waals surface area contributed by atoms with Gasteiger partial charge in [0, 0.05) is 0 Å². The highest BCUT2D eigenvalue weighted by Crippen LogP contribution is 2.31. The molecule has 0 aliphatic carbocycles. The molecule has 12 heteroatoms. The van der Waals surface area contributed by atoms with Gasteiger partial charge in [-0.05, 0) is 38.1 Å². The number of hydrogen-bond acceptors (Lipinski definition) is 2. The molecular formula is C20H24B10O2. The van der Waals surface area contributed by atoms with Crippen LogP contribution in [0.3, 0.4) is 0 Å². The minimum absolute atomic E-state index is 0.610. The van der Waals surface area contributed by atoms with Crippen molar-refractivity contribution in [2.24, 2.45) is 0 Å². The van der Waals surface area contributed by atoms with Crippen LogP contribution in [0, 0.1) is 0 Å². The predicted molar refractivity (Wildman–Crippen MR) is 170 cm³/mol. The molecule has 0 unspecified atom stereocenters. The molecule has 4 rings (SSSR count). The van der Waals surface area contributed by atoms with Crippen LogP contribution in [0.1, 0.15) is 0 Å². The van der Waals surface area contributed by atoms with Crippen LogP contribution in [-0.4, -0.2) is 87.8 Å². The van der Waals surface area contributed by atoms with Crippen molar-refractivity contribution >= 4 is 154 Å². The molecule has 0 radical (unpaired) electrons. The van der Waals surface area contributed by atoms with Crippen molar-refractivity contribution in [3.63, 3.8) is 0 Å². The van der Waals surface area contributed by atoms with E-state index in [4.69, 9.17) is 0 Å². The molecule has 0 heterocycles. The van der Waals surface area contributed by atoms with Gasteiger partial charge in [0.1, 0.15) is 70.6 Å². The van der Waals surface area contributed by atoms with Crippen LogP contribution >= 0.6 is 0 Å². The summed E-state index contributed by atoms with van der Waals surface area (Å²) in [5, 5.41) is 25.2. The molecule has 0 spiro atoms. The number of hydrogen-bond donors (Lipinski definition) is 2. The first-order chi connectivity index (χ1) is 15.0. The van der Waals surface area contributed by atoms with Crippen molar-refractivity contribution in [2.75, 3.05) is 0 Å². The maximum Gasteiger partial charge on any atom is 0.489 e. The van der Waals surface area contributed by atoms with Gasteiger partial charge >= 0.3 is 7.12 Å². The largest absolute Gasteiger partial charge is 0.489 e. The first-order valence-corrected chi connectivity index (χ1v) is 11.4. The number of rotatable bonds is 2. The minimum Gasteiger partial charge on any atom is -0.423 e. The van der Waals surface area contributed by atoms with Crippen molar-refractivity contribution < 1.29 is 10.0 Å². The first-order valence-electron chi connectivity index (χ1n) is 11.4. The highest BCUT2D eigenvalue weighted by molar-refractivity contribution is 6.74. The first kappa shape index (κ1) is 23.1. The van der Waals surface area contributed by atoms with E-state index in [1.165, 1.54) is 54.8 Å². The van der Waals surface area contributed by atoms with Gasteiger partial charge in [-0.3, -0.25) is 0 Å². The smallest absolute Gasteiger partial charge is 0.423 e. The second-order valence-corrected chi connectivity index (χ2v) is 9.46. The summed E-state index contributed by atoms with van der Waals surface area (Å²) in [4.78, 5) is 0. The molecule has 0 saturated carbocycles. The normalized spacial score (nSPS) is 11.3. The second-order valence-electron chi connectivity index (χ2n) is 9.46. The predicted octanol–water partition coefficient (Wildman–Crippen LogP) is -12.3. The topological polar surface area (TPSA) is 40.5 Å². The van der Waals surface area contributed by atoms with E-state index in [9.17, 15) is 10.0 Å². The molecule has 2 nitrogen and oxygen atoms in total. The van der Waals surface area contributed by atoms with Gasteiger partial charge in [0.2, 0.25) is 0 Å². The van der Waals surface area contributed by atoms with E-state index >= 15 is 0 Å². The lowest BCUT2D eigenvalue weighted by Crippen LogP contribution is -2.55. The van der Waals surface area contributed by atoms with Gasteiger partial charge in [-0.25, -0.2) is 0 Å². The zero-order valence-corrected chi connectivity index (χ0v) is 20.8. The SMILES string of the molecule is Bc1c(B)c(B)c(-c2c3ccccc3c(B(O)O)c3c(B)c(B)c(B)c(B)c23)c(B)c1B. The Bertz CT molecular complexity index is 1420. The average Bonchev–Trinajstić information content (AvgIpc) is 2.77. The summed E-state index contributed by atoms with van der Waals surface area (Å²) in [5.41, 5.74) is 14.5. The Balaban J connectivity index is 2.46. The van der Waals surface area contributed by atoms with Gasteiger partial charge < -0.3 is 10.0 Å². The van der Waals surface area contributed by atoms with E-state index in [2.05, 4.69) is 76.7 Å². The van der Waals surface area contributed by atoms with E-state index in [0.717, 1.165) is 27.0 Å². The molecule has 0 atom stereocenters. The third-order valence-electron chi connectivity index (χ3n) is 8.20. The standard InChI is InChI=1S/C20H24B10O2/c21-11-8-7(9-12(22)16(26)19(29)17(27)13(9)23)5-3-1-2-4-6(5)20(30(31)32)10(8)14(24)18(28)15(11)25/h1-4,31-32H,21-29H2. The maximum atomic E-state index is 10.5. The summed E-state index contributed by atoms with van der Waals surface area (Å²) in [6.07, 6.45) is 0. The molecule has 0 aliphatic heterocycles. The molecule has 4 aromatic carbocycles. The van der Waals surface area contributed by atoms with E-state index in [1.54, 1.807) is 0 Å². The molecule has 0 amide bonds. The Labute approximate surface area is 199 Å². The van der Waals surface area contributed by atoms with Crippen LogP contribution in [0.2, 0.25) is 0 Å². The fourth-order valence-electron chi connectivity index (χ4n) is 5.57. The lowest BCUT2D eigenvalue weighted by Gasteiger charge is -2.27. The summed E-state index contributed by atoms with van der Waals surface area (Å²) in [5.74, 6) is 0. The quantitative estimate of drug-likeness (QED) is 0.257. The Morgan fingerprint density at radius 2 is 0.875 bits per heavy atom. The van der Waals surface area contributed by atoms with Gasteiger partial charge in [-0.1, -0.05) is 46.1 Å². The van der Waals surface area contributed by atoms with Crippen molar-refractivity contribution in [1.29, 1.82) is 0 Å². The Morgan fingerprint density at radius 1 is 0.469 bits per heavy atom. The van der Waals surface area contributed by atoms with Crippen molar-refractivity contribution in [3.8, 4) is 11.1 Å². The molecule has 2 N–H and O–H groups in total. The lowest BCUT2D eigenvalue weighted by molar-refractivity contribution is 0.426. The molecule has 0 fully saturated rings. The van der Waals surface area contributed by atoms with Crippen molar-refractivity contribution in [3.05, 3.63) is 24.3 Å². The molecule has 0 saturated heterocycles. The van der Waals surface area contributed by atoms with Crippen LogP contribution in [0.5, 0.6) is 0 Å². The zero-order valence-electron chi connectivity index (χ0n) is 20.8. The fourth-order valence-corrected chi connectivity index (χ4v) is 5.57. The van der Waals surface area contributed by atoms with E-state index in [-0.39, 0.29) is 0 Å². The van der Waals surface area contributed by atoms with Crippen molar-refractivity contribution in [1.82, 2.24) is 0 Å². The van der Waals surface area contributed by atoms with Crippen LogP contribution < -0.4 is 54.6 Å². The Kier molecular flexibility index (Phi) is 5.84. The summed E-state index contributed by atoms with van der Waals surface area (Å²) >= 11 is 0. The minimum atomic E-state index is -1.54. The van der Waals surface area contributed by atoms with Crippen LogP contribution in [0.15, 0.2) is 24.3 Å². The highest BCUT2D eigenvalue weighted by Gasteiger charge is 2.27. The monoisotopic (exact) mass is 406 g/mol. The molecule has 0 bridgehead atoms. The molecule has 0 aromatic heterocycles. The van der Waals surface area contributed by atoms with Gasteiger partial charge in [-0.2, -0.15) is 0 Å². The Morgan fingerprint density at radius 3 is 1.38 bits per heavy atom. The second kappa shape index (κ2) is 8.08. The van der Waals surface area contributed by atoms with Gasteiger partial charge in [0.05, 0.1) is 0 Å². The van der Waals surface area contributed by atoms with Gasteiger partial charge in [0.15, 0.2) is 0 Å². The molecule has 4 aromatic rings. The van der Waals surface area contributed by atoms with Gasteiger partial charge in [0.25, 0.3) is 0 Å². The zero-order chi connectivity index (χ0) is 23.6. The van der Waals surface area contributed by atoms with E-state index in [0.29, 0.717) is 5.46 Å². The average molecular weight is 405 g/mol. The number of benzene rings is 4. The van der Waals surface area contributed by atoms with Crippen molar-refractivity contribution in [2.45, 2.75) is 0 Å². The van der Waals surface area contributed by atoms with Gasteiger partial charge in [-0.15, -0.1) is 27.3 Å². The summed E-state index contributed by atoms with van der Waals surface area (Å²) in [7, 11) is 18.1. The highest BCUT2D eigenvalue weighted by atomic mass is 16.4. The van der Waals surface area contributed by atoms with Crippen LogP contribution in [0.25, 0.3) is 32.7 Å². The molecule has 146 valence electrons. The van der Waals surface area contributed by atoms with E-state index in [1.807, 2.05) is 18.2 Å². The van der Waals surface area contributed by atoms with Crippen LogP contribution in [0.4, 0.5) is 0 Å². The molecule has 0 aliphatic rings. The molecule has 32 heavy (non-hydrogen) atoms. The van der Waals surface area contributed by atoms with E-state index < -0.39 is 7.12 Å².